The summed E-state index contributed by atoms with van der Waals surface area (Å²) in [6, 6.07) is 17.7. The van der Waals surface area contributed by atoms with Crippen molar-refractivity contribution in [1.82, 2.24) is 4.57 Å². The van der Waals surface area contributed by atoms with Gasteiger partial charge in [0.1, 0.15) is 0 Å². The molecule has 2 aromatic carbocycles. The van der Waals surface area contributed by atoms with Crippen molar-refractivity contribution in [3.05, 3.63) is 94.7 Å². The summed E-state index contributed by atoms with van der Waals surface area (Å²) in [7, 11) is 0. The Balaban J connectivity index is 2.18. The fraction of sp³-hybridized carbons (Fsp3) is 0.158. The van der Waals surface area contributed by atoms with Crippen LogP contribution in [-0.2, 0) is 6.54 Å². The average Bonchev–Trinajstić information content (AvgIpc) is 2.93. The van der Waals surface area contributed by atoms with Gasteiger partial charge >= 0.3 is 0 Å². The van der Waals surface area contributed by atoms with E-state index < -0.39 is 0 Å². The van der Waals surface area contributed by atoms with E-state index in [1.165, 1.54) is 0 Å². The second-order valence-corrected chi connectivity index (χ2v) is 5.52. The number of aromatic nitrogens is 1. The molecule has 0 amide bonds. The van der Waals surface area contributed by atoms with E-state index in [1.807, 2.05) is 66.9 Å². The second-order valence-electron chi connectivity index (χ2n) is 5.52. The molecule has 3 rings (SSSR count). The molecule has 0 unspecified atom stereocenters. The lowest BCUT2D eigenvalue weighted by molar-refractivity contribution is -0.481. The molecule has 23 heavy (non-hydrogen) atoms. The van der Waals surface area contributed by atoms with Crippen molar-refractivity contribution < 1.29 is 4.92 Å². The Bertz CT molecular complexity index is 837. The molecule has 4 nitrogen and oxygen atoms in total. The second kappa shape index (κ2) is 6.48. The summed E-state index contributed by atoms with van der Waals surface area (Å²) in [5.74, 6) is -0.262. The number of para-hydroxylation sites is 1. The zero-order chi connectivity index (χ0) is 16.2. The molecule has 0 fully saturated rings. The number of allylic oxidation sites excluding steroid dienone is 1. The van der Waals surface area contributed by atoms with Crippen LogP contribution in [0.5, 0.6) is 0 Å². The van der Waals surface area contributed by atoms with Crippen LogP contribution in [0, 0.1) is 10.1 Å². The molecule has 0 saturated heterocycles. The van der Waals surface area contributed by atoms with E-state index in [0.717, 1.165) is 22.0 Å². The van der Waals surface area contributed by atoms with Gasteiger partial charge in [0.15, 0.2) is 0 Å². The van der Waals surface area contributed by atoms with Gasteiger partial charge in [-0.3, -0.25) is 10.1 Å². The smallest absolute Gasteiger partial charge is 0.214 e. The topological polar surface area (TPSA) is 48.1 Å². The summed E-state index contributed by atoms with van der Waals surface area (Å²) in [5, 5.41) is 12.3. The first-order valence-corrected chi connectivity index (χ1v) is 7.56. The Labute approximate surface area is 134 Å². The summed E-state index contributed by atoms with van der Waals surface area (Å²) in [5.41, 5.74) is 3.03. The predicted octanol–water partition coefficient (Wildman–Crippen LogP) is 4.24. The van der Waals surface area contributed by atoms with E-state index in [2.05, 4.69) is 11.1 Å². The van der Waals surface area contributed by atoms with Crippen molar-refractivity contribution in [3.8, 4) is 0 Å². The summed E-state index contributed by atoms with van der Waals surface area (Å²) in [6.07, 6.45) is 3.86. The van der Waals surface area contributed by atoms with Gasteiger partial charge < -0.3 is 4.57 Å². The first-order chi connectivity index (χ1) is 11.2. The summed E-state index contributed by atoms with van der Waals surface area (Å²) >= 11 is 0. The van der Waals surface area contributed by atoms with Gasteiger partial charge in [0, 0.05) is 28.6 Å². The molecular formula is C19H18N2O2. The molecule has 0 N–H and O–H groups in total. The van der Waals surface area contributed by atoms with Gasteiger partial charge in [-0.2, -0.15) is 0 Å². The Morgan fingerprint density at radius 3 is 2.52 bits per heavy atom. The third-order valence-electron chi connectivity index (χ3n) is 4.05. The lowest BCUT2D eigenvalue weighted by Gasteiger charge is -2.12. The van der Waals surface area contributed by atoms with Crippen molar-refractivity contribution in [2.45, 2.75) is 12.5 Å². The van der Waals surface area contributed by atoms with E-state index in [4.69, 9.17) is 0 Å². The zero-order valence-corrected chi connectivity index (χ0v) is 12.8. The molecule has 116 valence electrons. The van der Waals surface area contributed by atoms with Crippen LogP contribution in [0.2, 0.25) is 0 Å². The minimum absolute atomic E-state index is 0.119. The lowest BCUT2D eigenvalue weighted by Crippen LogP contribution is -2.13. The highest BCUT2D eigenvalue weighted by atomic mass is 16.6. The van der Waals surface area contributed by atoms with Crippen LogP contribution in [0.1, 0.15) is 17.0 Å². The van der Waals surface area contributed by atoms with Crippen LogP contribution in [0.3, 0.4) is 0 Å². The minimum Gasteiger partial charge on any atom is -0.343 e. The maximum absolute atomic E-state index is 11.2. The fourth-order valence-electron chi connectivity index (χ4n) is 3.06. The van der Waals surface area contributed by atoms with Crippen LogP contribution in [0.4, 0.5) is 0 Å². The van der Waals surface area contributed by atoms with Crippen LogP contribution in [0.15, 0.2) is 73.4 Å². The Morgan fingerprint density at radius 1 is 1.13 bits per heavy atom. The third kappa shape index (κ3) is 3.01. The molecule has 0 spiro atoms. The summed E-state index contributed by atoms with van der Waals surface area (Å²) < 4.78 is 2.09. The van der Waals surface area contributed by atoms with Crippen molar-refractivity contribution >= 4 is 10.9 Å². The Kier molecular flexibility index (Phi) is 4.24. The maximum atomic E-state index is 11.2. The standard InChI is InChI=1S/C19H18N2O2/c1-2-12-20-13-18(16-10-6-7-11-19(16)20)17(14-21(22)23)15-8-4-3-5-9-15/h2-11,13,17H,1,12,14H2/t17-/m0/s1. The minimum atomic E-state index is -0.262. The molecule has 4 heteroatoms. The number of rotatable bonds is 6. The molecule has 0 aliphatic rings. The largest absolute Gasteiger partial charge is 0.343 e. The molecular weight excluding hydrogens is 288 g/mol. The normalized spacial score (nSPS) is 12.2. The predicted molar refractivity (Wildman–Crippen MR) is 92.3 cm³/mol. The van der Waals surface area contributed by atoms with Crippen molar-refractivity contribution in [2.24, 2.45) is 0 Å². The molecule has 0 saturated carbocycles. The van der Waals surface area contributed by atoms with E-state index in [9.17, 15) is 10.1 Å². The molecule has 0 aliphatic carbocycles. The maximum Gasteiger partial charge on any atom is 0.214 e. The molecule has 1 atom stereocenters. The Morgan fingerprint density at radius 2 is 1.83 bits per heavy atom. The summed E-state index contributed by atoms with van der Waals surface area (Å²) in [6.45, 7) is 4.36. The van der Waals surface area contributed by atoms with Crippen LogP contribution < -0.4 is 0 Å². The van der Waals surface area contributed by atoms with Crippen LogP contribution in [-0.4, -0.2) is 16.0 Å². The SMILES string of the molecule is C=CCn1cc([C@@H](C[N+](=O)[O-])c2ccccc2)c2ccccc21. The molecule has 1 aromatic heterocycles. The highest BCUT2D eigenvalue weighted by molar-refractivity contribution is 5.85. The van der Waals surface area contributed by atoms with Gasteiger partial charge in [0.2, 0.25) is 6.54 Å². The first-order valence-electron chi connectivity index (χ1n) is 7.56. The molecule has 0 bridgehead atoms. The number of nitro groups is 1. The van der Waals surface area contributed by atoms with Gasteiger partial charge in [0.05, 0.1) is 5.92 Å². The summed E-state index contributed by atoms with van der Waals surface area (Å²) in [4.78, 5) is 11.0. The monoisotopic (exact) mass is 306 g/mol. The lowest BCUT2D eigenvalue weighted by atomic mass is 9.91. The van der Waals surface area contributed by atoms with E-state index in [1.54, 1.807) is 0 Å². The molecule has 3 aromatic rings. The third-order valence-corrected chi connectivity index (χ3v) is 4.05. The van der Waals surface area contributed by atoms with Gasteiger partial charge in [-0.05, 0) is 17.2 Å². The van der Waals surface area contributed by atoms with E-state index in [0.29, 0.717) is 6.54 Å². The number of hydrogen-bond acceptors (Lipinski definition) is 2. The number of fused-ring (bicyclic) bond motifs is 1. The number of benzene rings is 2. The van der Waals surface area contributed by atoms with Crippen molar-refractivity contribution in [1.29, 1.82) is 0 Å². The average molecular weight is 306 g/mol. The quantitative estimate of drug-likeness (QED) is 0.388. The van der Waals surface area contributed by atoms with Crippen molar-refractivity contribution in [3.63, 3.8) is 0 Å². The molecule has 0 aliphatic heterocycles. The van der Waals surface area contributed by atoms with Gasteiger partial charge in [-0.25, -0.2) is 0 Å². The number of hydrogen-bond donors (Lipinski definition) is 0. The van der Waals surface area contributed by atoms with E-state index >= 15 is 0 Å². The van der Waals surface area contributed by atoms with Crippen LogP contribution >= 0.6 is 0 Å². The number of nitrogens with zero attached hydrogens (tertiary/aromatic N) is 2. The van der Waals surface area contributed by atoms with Gasteiger partial charge in [0.25, 0.3) is 0 Å². The fourth-order valence-corrected chi connectivity index (χ4v) is 3.06. The van der Waals surface area contributed by atoms with E-state index in [-0.39, 0.29) is 17.4 Å². The van der Waals surface area contributed by atoms with Crippen molar-refractivity contribution in [2.75, 3.05) is 6.54 Å². The highest BCUT2D eigenvalue weighted by Gasteiger charge is 2.24. The van der Waals surface area contributed by atoms with Gasteiger partial charge in [-0.1, -0.05) is 54.6 Å². The highest BCUT2D eigenvalue weighted by Crippen LogP contribution is 2.32. The first kappa shape index (κ1) is 15.0. The molecule has 0 radical (unpaired) electrons. The zero-order valence-electron chi connectivity index (χ0n) is 12.8. The van der Waals surface area contributed by atoms with Crippen LogP contribution in [0.25, 0.3) is 10.9 Å². The van der Waals surface area contributed by atoms with Gasteiger partial charge in [-0.15, -0.1) is 6.58 Å². The molecule has 1 heterocycles. The Hall–Kier alpha value is -2.88.